The monoisotopic (exact) mass is 415 g/mol. The highest BCUT2D eigenvalue weighted by atomic mass is 32.1. The molecule has 4 rings (SSSR count). The Morgan fingerprint density at radius 2 is 2.10 bits per heavy atom. The zero-order valence-electron chi connectivity index (χ0n) is 15.9. The van der Waals surface area contributed by atoms with Crippen molar-refractivity contribution < 1.29 is 9.66 Å². The van der Waals surface area contributed by atoms with E-state index in [0.717, 1.165) is 18.0 Å². The van der Waals surface area contributed by atoms with Crippen molar-refractivity contribution in [1.82, 2.24) is 14.3 Å². The zero-order chi connectivity index (χ0) is 20.4. The standard InChI is InChI=1S/C19H21N5O4S/c1-13-5-6-15(29-13)14(22-8-10-28-11-9-22)12-20-18-17(24(26)27)19(25)23-7-3-2-4-16(23)21-18/h2-7,14,20H,8-12H2,1H3. The molecule has 1 aliphatic rings. The first-order chi connectivity index (χ1) is 14.0. The minimum Gasteiger partial charge on any atom is -0.379 e. The maximum atomic E-state index is 12.6. The third-order valence-corrected chi connectivity index (χ3v) is 6.03. The molecule has 0 radical (unpaired) electrons. The van der Waals surface area contributed by atoms with Crippen molar-refractivity contribution in [3.05, 3.63) is 66.8 Å². The van der Waals surface area contributed by atoms with Crippen LogP contribution in [0.5, 0.6) is 0 Å². The fraction of sp³-hybridized carbons (Fsp3) is 0.368. The second kappa shape index (κ2) is 8.27. The second-order valence-electron chi connectivity index (χ2n) is 6.79. The topological polar surface area (TPSA) is 102 Å². The Labute approximate surface area is 170 Å². The van der Waals surface area contributed by atoms with Crippen LogP contribution in [0.3, 0.4) is 0 Å². The van der Waals surface area contributed by atoms with E-state index in [4.69, 9.17) is 4.74 Å². The largest absolute Gasteiger partial charge is 0.379 e. The summed E-state index contributed by atoms with van der Waals surface area (Å²) in [5.41, 5.74) is -0.879. The smallest absolute Gasteiger partial charge is 0.376 e. The predicted octanol–water partition coefficient (Wildman–Crippen LogP) is 2.46. The quantitative estimate of drug-likeness (QED) is 0.487. The highest BCUT2D eigenvalue weighted by Gasteiger charge is 2.27. The molecule has 0 bridgehead atoms. The molecule has 3 aromatic heterocycles. The van der Waals surface area contributed by atoms with Crippen LogP contribution < -0.4 is 10.9 Å². The number of aromatic nitrogens is 2. The average Bonchev–Trinajstić information content (AvgIpc) is 3.15. The summed E-state index contributed by atoms with van der Waals surface area (Å²) < 4.78 is 6.65. The lowest BCUT2D eigenvalue weighted by molar-refractivity contribution is -0.385. The van der Waals surface area contributed by atoms with Gasteiger partial charge in [-0.25, -0.2) is 4.98 Å². The highest BCUT2D eigenvalue weighted by molar-refractivity contribution is 7.12. The maximum Gasteiger partial charge on any atom is 0.376 e. The molecular weight excluding hydrogens is 394 g/mol. The van der Waals surface area contributed by atoms with Gasteiger partial charge in [0.2, 0.25) is 5.82 Å². The number of rotatable bonds is 6. The summed E-state index contributed by atoms with van der Waals surface area (Å²) in [4.78, 5) is 32.6. The van der Waals surface area contributed by atoms with Crippen LogP contribution in [0, 0.1) is 17.0 Å². The number of hydrogen-bond donors (Lipinski definition) is 1. The van der Waals surface area contributed by atoms with E-state index in [9.17, 15) is 14.9 Å². The first-order valence-corrected chi connectivity index (χ1v) is 10.1. The number of pyridine rings is 1. The summed E-state index contributed by atoms with van der Waals surface area (Å²) in [6, 6.07) is 9.18. The van der Waals surface area contributed by atoms with Crippen molar-refractivity contribution in [3.8, 4) is 0 Å². The van der Waals surface area contributed by atoms with E-state index in [-0.39, 0.29) is 11.9 Å². The third-order valence-electron chi connectivity index (χ3n) is 4.93. The molecule has 1 unspecified atom stereocenters. The molecule has 3 aromatic rings. The Morgan fingerprint density at radius 1 is 1.31 bits per heavy atom. The average molecular weight is 415 g/mol. The van der Waals surface area contributed by atoms with Crippen LogP contribution in [0.1, 0.15) is 15.8 Å². The number of nitrogens with one attached hydrogen (secondary N) is 1. The van der Waals surface area contributed by atoms with Gasteiger partial charge >= 0.3 is 11.2 Å². The Morgan fingerprint density at radius 3 is 2.79 bits per heavy atom. The van der Waals surface area contributed by atoms with E-state index in [1.807, 2.05) is 0 Å². The van der Waals surface area contributed by atoms with Gasteiger partial charge in [0.15, 0.2) is 0 Å². The van der Waals surface area contributed by atoms with Crippen molar-refractivity contribution >= 4 is 28.5 Å². The molecule has 29 heavy (non-hydrogen) atoms. The summed E-state index contributed by atoms with van der Waals surface area (Å²) in [6.45, 7) is 5.30. The molecule has 4 heterocycles. The van der Waals surface area contributed by atoms with Crippen molar-refractivity contribution in [2.24, 2.45) is 0 Å². The molecule has 0 aliphatic carbocycles. The first kappa shape index (κ1) is 19.5. The Kier molecular flexibility index (Phi) is 5.56. The van der Waals surface area contributed by atoms with Crippen LogP contribution in [0.15, 0.2) is 41.3 Å². The lowest BCUT2D eigenvalue weighted by atomic mass is 10.2. The van der Waals surface area contributed by atoms with Crippen molar-refractivity contribution in [2.75, 3.05) is 38.2 Å². The van der Waals surface area contributed by atoms with Gasteiger partial charge in [-0.2, -0.15) is 0 Å². The van der Waals surface area contributed by atoms with E-state index in [0.29, 0.717) is 25.4 Å². The molecular formula is C19H21N5O4S. The van der Waals surface area contributed by atoms with Gasteiger partial charge in [-0.15, -0.1) is 11.3 Å². The van der Waals surface area contributed by atoms with E-state index >= 15 is 0 Å². The van der Waals surface area contributed by atoms with Gasteiger partial charge in [0, 0.05) is 35.6 Å². The summed E-state index contributed by atoms with van der Waals surface area (Å²) >= 11 is 1.70. The summed E-state index contributed by atoms with van der Waals surface area (Å²) in [6.07, 6.45) is 1.48. The van der Waals surface area contributed by atoms with E-state index in [1.54, 1.807) is 29.5 Å². The number of morpholine rings is 1. The number of anilines is 1. The van der Waals surface area contributed by atoms with E-state index < -0.39 is 16.2 Å². The maximum absolute atomic E-state index is 12.6. The fourth-order valence-corrected chi connectivity index (χ4v) is 4.50. The fourth-order valence-electron chi connectivity index (χ4n) is 3.49. The SMILES string of the molecule is Cc1ccc(C(CNc2nc3ccccn3c(=O)c2[N+](=O)[O-])N2CCOCC2)s1. The van der Waals surface area contributed by atoms with Crippen LogP contribution in [0.4, 0.5) is 11.5 Å². The van der Waals surface area contributed by atoms with Crippen LogP contribution >= 0.6 is 11.3 Å². The van der Waals surface area contributed by atoms with Gasteiger partial charge in [-0.05, 0) is 31.2 Å². The van der Waals surface area contributed by atoms with Crippen LogP contribution in [-0.2, 0) is 4.74 Å². The molecule has 1 N–H and O–H groups in total. The summed E-state index contributed by atoms with van der Waals surface area (Å²) in [5.74, 6) is -0.00209. The third kappa shape index (κ3) is 4.00. The van der Waals surface area contributed by atoms with Gasteiger partial charge in [0.05, 0.1) is 24.2 Å². The number of hydrogen-bond acceptors (Lipinski definition) is 8. The summed E-state index contributed by atoms with van der Waals surface area (Å²) in [5, 5.41) is 14.7. The van der Waals surface area contributed by atoms with Crippen LogP contribution in [0.25, 0.3) is 5.65 Å². The number of ether oxygens (including phenoxy) is 1. The highest BCUT2D eigenvalue weighted by Crippen LogP contribution is 2.29. The molecule has 0 saturated carbocycles. The molecule has 9 nitrogen and oxygen atoms in total. The Bertz CT molecular complexity index is 1090. The van der Waals surface area contributed by atoms with Crippen LogP contribution in [-0.4, -0.2) is 52.1 Å². The molecule has 0 spiro atoms. The second-order valence-corrected chi connectivity index (χ2v) is 8.11. The predicted molar refractivity (Wildman–Crippen MR) is 111 cm³/mol. The number of thiophene rings is 1. The van der Waals surface area contributed by atoms with Gasteiger partial charge in [0.1, 0.15) is 5.65 Å². The summed E-state index contributed by atoms with van der Waals surface area (Å²) in [7, 11) is 0. The van der Waals surface area contributed by atoms with E-state index in [2.05, 4.69) is 34.3 Å². The van der Waals surface area contributed by atoms with Crippen LogP contribution in [0.2, 0.25) is 0 Å². The number of aryl methyl sites for hydroxylation is 1. The Balaban J connectivity index is 1.68. The normalized spacial score (nSPS) is 16.0. The molecule has 0 amide bonds. The minimum atomic E-state index is -0.696. The van der Waals surface area contributed by atoms with Crippen molar-refractivity contribution in [3.63, 3.8) is 0 Å². The lowest BCUT2D eigenvalue weighted by Gasteiger charge is -2.34. The van der Waals surface area contributed by atoms with Crippen molar-refractivity contribution in [2.45, 2.75) is 13.0 Å². The molecule has 10 heteroatoms. The Hall–Kier alpha value is -2.82. The van der Waals surface area contributed by atoms with Crippen molar-refractivity contribution in [1.29, 1.82) is 0 Å². The van der Waals surface area contributed by atoms with Gasteiger partial charge in [0.25, 0.3) is 0 Å². The molecule has 1 atom stereocenters. The minimum absolute atomic E-state index is 0.00209. The van der Waals surface area contributed by atoms with Gasteiger partial charge in [-0.1, -0.05) is 6.07 Å². The number of nitro groups is 1. The lowest BCUT2D eigenvalue weighted by Crippen LogP contribution is -2.41. The molecule has 1 fully saturated rings. The van der Waals surface area contributed by atoms with E-state index in [1.165, 1.54) is 15.5 Å². The number of nitrogens with zero attached hydrogens (tertiary/aromatic N) is 4. The van der Waals surface area contributed by atoms with Gasteiger partial charge < -0.3 is 10.1 Å². The zero-order valence-corrected chi connectivity index (χ0v) is 16.7. The molecule has 1 saturated heterocycles. The molecule has 152 valence electrons. The molecule has 1 aliphatic heterocycles. The molecule has 0 aromatic carbocycles. The van der Waals surface area contributed by atoms with Gasteiger partial charge in [-0.3, -0.25) is 24.2 Å². The number of fused-ring (bicyclic) bond motifs is 1. The first-order valence-electron chi connectivity index (χ1n) is 9.32.